The highest BCUT2D eigenvalue weighted by molar-refractivity contribution is 6.08. The topological polar surface area (TPSA) is 123 Å². The van der Waals surface area contributed by atoms with Crippen LogP contribution in [0.1, 0.15) is 62.3 Å². The smallest absolute Gasteiger partial charge is 0.407 e. The van der Waals surface area contributed by atoms with Gasteiger partial charge in [0.25, 0.3) is 11.5 Å². The minimum absolute atomic E-state index is 0.198. The maximum atomic E-state index is 14.5. The molecule has 1 saturated carbocycles. The Morgan fingerprint density at radius 2 is 1.73 bits per heavy atom. The van der Waals surface area contributed by atoms with Crippen LogP contribution in [0.15, 0.2) is 47.3 Å². The third-order valence-corrected chi connectivity index (χ3v) is 7.66. The van der Waals surface area contributed by atoms with E-state index in [1.807, 2.05) is 13.1 Å². The molecule has 6 rings (SSSR count). The van der Waals surface area contributed by atoms with E-state index in [2.05, 4.69) is 25.2 Å². The van der Waals surface area contributed by atoms with Crippen molar-refractivity contribution in [3.63, 3.8) is 0 Å². The fourth-order valence-corrected chi connectivity index (χ4v) is 5.52. The second-order valence-corrected chi connectivity index (χ2v) is 12.2. The summed E-state index contributed by atoms with van der Waals surface area (Å²) in [6.45, 7) is 6.43. The van der Waals surface area contributed by atoms with E-state index in [-0.39, 0.29) is 11.7 Å². The summed E-state index contributed by atoms with van der Waals surface area (Å²) in [5.74, 6) is -1.32. The number of hydrogen-bond acceptors (Lipinski definition) is 7. The number of rotatable bonds is 6. The summed E-state index contributed by atoms with van der Waals surface area (Å²) in [6, 6.07) is 8.87. The minimum Gasteiger partial charge on any atom is -0.444 e. The lowest BCUT2D eigenvalue weighted by atomic mass is 10.2. The molecule has 3 heterocycles. The molecular formula is C31H33F2N7O4. The molecule has 2 N–H and O–H groups in total. The Kier molecular flexibility index (Phi) is 7.34. The predicted octanol–water partition coefficient (Wildman–Crippen LogP) is 4.63. The Balaban J connectivity index is 1.34. The molecule has 0 spiro atoms. The Hall–Kier alpha value is -4.81. The molecule has 1 atom stereocenters. The number of anilines is 2. The van der Waals surface area contributed by atoms with Gasteiger partial charge in [-0.1, -0.05) is 6.07 Å². The fourth-order valence-electron chi connectivity index (χ4n) is 5.52. The maximum Gasteiger partial charge on any atom is 0.407 e. The van der Waals surface area contributed by atoms with Gasteiger partial charge in [0, 0.05) is 32.1 Å². The summed E-state index contributed by atoms with van der Waals surface area (Å²) in [6.07, 6.45) is 2.26. The molecular weight excluding hydrogens is 572 g/mol. The number of para-hydroxylation sites is 1. The van der Waals surface area contributed by atoms with Crippen LogP contribution < -0.4 is 21.1 Å². The molecule has 13 heteroatoms. The van der Waals surface area contributed by atoms with Crippen LogP contribution in [0.5, 0.6) is 0 Å². The third kappa shape index (κ3) is 5.73. The van der Waals surface area contributed by atoms with E-state index in [9.17, 15) is 23.2 Å². The molecule has 11 nitrogen and oxygen atoms in total. The van der Waals surface area contributed by atoms with Crippen LogP contribution in [0.4, 0.5) is 25.0 Å². The van der Waals surface area contributed by atoms with Crippen molar-refractivity contribution in [2.75, 3.05) is 23.3 Å². The van der Waals surface area contributed by atoms with E-state index in [1.165, 1.54) is 12.1 Å². The average Bonchev–Trinajstić information content (AvgIpc) is 3.60. The second-order valence-electron chi connectivity index (χ2n) is 12.2. The van der Waals surface area contributed by atoms with Gasteiger partial charge in [-0.3, -0.25) is 9.59 Å². The molecule has 1 saturated heterocycles. The molecule has 230 valence electrons. The molecule has 2 fully saturated rings. The summed E-state index contributed by atoms with van der Waals surface area (Å²) in [7, 11) is 1.97. The van der Waals surface area contributed by atoms with Gasteiger partial charge in [0.1, 0.15) is 28.3 Å². The largest absolute Gasteiger partial charge is 0.444 e. The number of carbonyl (C=O) groups is 2. The van der Waals surface area contributed by atoms with Gasteiger partial charge in [-0.05, 0) is 70.4 Å². The molecule has 2 aromatic carbocycles. The number of nitrogens with zero attached hydrogens (tertiary/aromatic N) is 5. The summed E-state index contributed by atoms with van der Waals surface area (Å²) < 4.78 is 37.0. The summed E-state index contributed by atoms with van der Waals surface area (Å²) in [5, 5.41) is 9.80. The third-order valence-electron chi connectivity index (χ3n) is 7.66. The summed E-state index contributed by atoms with van der Waals surface area (Å²) in [5.41, 5.74) is 0.404. The normalized spacial score (nSPS) is 16.8. The Morgan fingerprint density at radius 3 is 2.41 bits per heavy atom. The van der Waals surface area contributed by atoms with Crippen molar-refractivity contribution in [2.45, 2.75) is 57.6 Å². The molecule has 2 aliphatic rings. The summed E-state index contributed by atoms with van der Waals surface area (Å²) in [4.78, 5) is 45.5. The van der Waals surface area contributed by atoms with Gasteiger partial charge in [-0.2, -0.15) is 9.78 Å². The molecule has 2 aromatic heterocycles. The van der Waals surface area contributed by atoms with Crippen molar-refractivity contribution >= 4 is 34.4 Å². The SMILES string of the molecule is Cn1c(C2CC2)nc2c(N3CC[C@H](NC(=O)OC(C)(C)C)C3)c(NC(=O)c3ccc(=O)n(-c4c(F)cccc4F)n3)ccc21. The number of hydrogen-bond donors (Lipinski definition) is 2. The summed E-state index contributed by atoms with van der Waals surface area (Å²) >= 11 is 0. The Labute approximate surface area is 251 Å². The van der Waals surface area contributed by atoms with Crippen LogP contribution in [-0.2, 0) is 11.8 Å². The van der Waals surface area contributed by atoms with Crippen LogP contribution in [0, 0.1) is 11.6 Å². The molecule has 2 amide bonds. The first-order valence-electron chi connectivity index (χ1n) is 14.5. The van der Waals surface area contributed by atoms with E-state index in [4.69, 9.17) is 9.72 Å². The highest BCUT2D eigenvalue weighted by atomic mass is 19.1. The van der Waals surface area contributed by atoms with Gasteiger partial charge >= 0.3 is 6.09 Å². The number of aromatic nitrogens is 4. The lowest BCUT2D eigenvalue weighted by Crippen LogP contribution is -2.40. The predicted molar refractivity (Wildman–Crippen MR) is 160 cm³/mol. The minimum atomic E-state index is -0.991. The first-order chi connectivity index (χ1) is 20.9. The van der Waals surface area contributed by atoms with Crippen molar-refractivity contribution in [1.29, 1.82) is 0 Å². The van der Waals surface area contributed by atoms with E-state index in [0.717, 1.165) is 42.4 Å². The van der Waals surface area contributed by atoms with Crippen LogP contribution in [0.3, 0.4) is 0 Å². The zero-order valence-electron chi connectivity index (χ0n) is 24.9. The first-order valence-corrected chi connectivity index (χ1v) is 14.5. The van der Waals surface area contributed by atoms with Gasteiger partial charge < -0.3 is 24.8 Å². The quantitative estimate of drug-likeness (QED) is 0.329. The number of nitrogens with one attached hydrogen (secondary N) is 2. The molecule has 1 aliphatic heterocycles. The number of fused-ring (bicyclic) bond motifs is 1. The maximum absolute atomic E-state index is 14.5. The molecule has 4 aromatic rings. The van der Waals surface area contributed by atoms with Gasteiger partial charge in [0.2, 0.25) is 0 Å². The standard InChI is InChI=1S/C31H33F2N7O4/c1-31(2,3)44-30(43)34-18-14-15-39(16-18)27-21(10-12-23-25(27)36-28(38(23)4)17-8-9-17)35-29(42)22-11-13-24(41)40(37-22)26-19(32)6-5-7-20(26)33/h5-7,10-13,17-18H,8-9,14-16H2,1-4H3,(H,34,43)(H,35,42)/t18-/m0/s1. The lowest BCUT2D eigenvalue weighted by Gasteiger charge is -2.24. The number of ether oxygens (including phenoxy) is 1. The number of amides is 2. The molecule has 1 aliphatic carbocycles. The van der Waals surface area contributed by atoms with Crippen LogP contribution in [-0.4, -0.2) is 56.1 Å². The van der Waals surface area contributed by atoms with Gasteiger partial charge in [-0.25, -0.2) is 18.6 Å². The monoisotopic (exact) mass is 605 g/mol. The highest BCUT2D eigenvalue weighted by Gasteiger charge is 2.33. The molecule has 44 heavy (non-hydrogen) atoms. The van der Waals surface area contributed by atoms with Crippen molar-refractivity contribution in [2.24, 2.45) is 7.05 Å². The van der Waals surface area contributed by atoms with Crippen molar-refractivity contribution in [3.8, 4) is 5.69 Å². The van der Waals surface area contributed by atoms with Gasteiger partial charge in [-0.15, -0.1) is 0 Å². The van der Waals surface area contributed by atoms with E-state index in [1.54, 1.807) is 26.8 Å². The lowest BCUT2D eigenvalue weighted by molar-refractivity contribution is 0.0509. The van der Waals surface area contributed by atoms with Crippen LogP contribution in [0.2, 0.25) is 0 Å². The molecule has 0 unspecified atom stereocenters. The number of halogens is 2. The average molecular weight is 606 g/mol. The Bertz CT molecular complexity index is 1820. The first kappa shape index (κ1) is 29.3. The van der Waals surface area contributed by atoms with E-state index >= 15 is 0 Å². The van der Waals surface area contributed by atoms with Crippen LogP contribution in [0.25, 0.3) is 16.7 Å². The second kappa shape index (κ2) is 11.0. The van der Waals surface area contributed by atoms with Crippen LogP contribution >= 0.6 is 0 Å². The zero-order chi connectivity index (χ0) is 31.3. The number of imidazole rings is 1. The molecule has 0 bridgehead atoms. The zero-order valence-corrected chi connectivity index (χ0v) is 24.9. The van der Waals surface area contributed by atoms with Gasteiger partial charge in [0.15, 0.2) is 11.6 Å². The highest BCUT2D eigenvalue weighted by Crippen LogP contribution is 2.43. The number of carbonyl (C=O) groups excluding carboxylic acids is 2. The number of alkyl carbamates (subject to hydrolysis) is 1. The van der Waals surface area contributed by atoms with Crippen molar-refractivity contribution < 1.29 is 23.1 Å². The molecule has 0 radical (unpaired) electrons. The van der Waals surface area contributed by atoms with E-state index in [0.29, 0.717) is 47.0 Å². The van der Waals surface area contributed by atoms with E-state index < -0.39 is 40.5 Å². The van der Waals surface area contributed by atoms with Gasteiger partial charge in [0.05, 0.1) is 22.9 Å². The van der Waals surface area contributed by atoms with Crippen molar-refractivity contribution in [3.05, 3.63) is 76.0 Å². The van der Waals surface area contributed by atoms with Crippen molar-refractivity contribution in [1.82, 2.24) is 24.6 Å². The Morgan fingerprint density at radius 1 is 1.00 bits per heavy atom. The number of aryl methyl sites for hydroxylation is 1. The number of benzene rings is 2. The fraction of sp³-hybridized carbons (Fsp3) is 0.387.